The number of aliphatic carboxylic acids is 1. The number of hydrogen-bond donors (Lipinski definition) is 1. The smallest absolute Gasteiger partial charge is 0.323 e. The monoisotopic (exact) mass is 293 g/mol. The molecule has 0 radical (unpaired) electrons. The Morgan fingerprint density at radius 2 is 2.05 bits per heavy atom. The maximum absolute atomic E-state index is 12.6. The molecule has 1 unspecified atom stereocenters. The van der Waals surface area contributed by atoms with Crippen LogP contribution in [0.2, 0.25) is 0 Å². The van der Waals surface area contributed by atoms with Crippen molar-refractivity contribution in [3.63, 3.8) is 0 Å². The van der Waals surface area contributed by atoms with Crippen LogP contribution in [0, 0.1) is 0 Å². The van der Waals surface area contributed by atoms with E-state index in [1.54, 1.807) is 11.1 Å². The molecular formula is C15H23N3O3. The number of carboxylic acids is 1. The molecule has 0 bridgehead atoms. The second kappa shape index (κ2) is 8.24. The van der Waals surface area contributed by atoms with E-state index in [2.05, 4.69) is 4.98 Å². The van der Waals surface area contributed by atoms with Crippen LogP contribution in [0.25, 0.3) is 0 Å². The third-order valence-corrected chi connectivity index (χ3v) is 3.41. The summed E-state index contributed by atoms with van der Waals surface area (Å²) < 4.78 is 0. The molecule has 0 spiro atoms. The Hall–Kier alpha value is -2.11. The first-order valence-electron chi connectivity index (χ1n) is 7.16. The fraction of sp³-hybridized carbons (Fsp3) is 0.533. The topological polar surface area (TPSA) is 73.7 Å². The maximum Gasteiger partial charge on any atom is 0.323 e. The minimum Gasteiger partial charge on any atom is -0.480 e. The average Bonchev–Trinajstić information content (AvgIpc) is 2.49. The van der Waals surface area contributed by atoms with Crippen LogP contribution in [0.15, 0.2) is 24.4 Å². The van der Waals surface area contributed by atoms with Crippen molar-refractivity contribution in [3.05, 3.63) is 30.1 Å². The van der Waals surface area contributed by atoms with Crippen LogP contribution < -0.4 is 0 Å². The SMILES string of the molecule is CCC(C)N(CC(=O)O)C(=O)N(CC)Cc1ccccn1. The number of nitrogens with zero attached hydrogens (tertiary/aromatic N) is 3. The number of aromatic nitrogens is 1. The van der Waals surface area contributed by atoms with E-state index in [0.29, 0.717) is 19.5 Å². The Morgan fingerprint density at radius 3 is 2.52 bits per heavy atom. The van der Waals surface area contributed by atoms with Crippen LogP contribution in [0.3, 0.4) is 0 Å². The first-order valence-corrected chi connectivity index (χ1v) is 7.16. The molecule has 21 heavy (non-hydrogen) atoms. The van der Waals surface area contributed by atoms with Crippen LogP contribution in [-0.2, 0) is 11.3 Å². The van der Waals surface area contributed by atoms with Crippen LogP contribution >= 0.6 is 0 Å². The van der Waals surface area contributed by atoms with Crippen molar-refractivity contribution in [1.29, 1.82) is 0 Å². The Labute approximate surface area is 125 Å². The molecule has 6 heteroatoms. The molecule has 1 rings (SSSR count). The zero-order valence-electron chi connectivity index (χ0n) is 12.8. The fourth-order valence-electron chi connectivity index (χ4n) is 1.96. The van der Waals surface area contributed by atoms with Gasteiger partial charge >= 0.3 is 12.0 Å². The highest BCUT2D eigenvalue weighted by Gasteiger charge is 2.25. The summed E-state index contributed by atoms with van der Waals surface area (Å²) in [6, 6.07) is 5.15. The summed E-state index contributed by atoms with van der Waals surface area (Å²) in [7, 11) is 0. The number of pyridine rings is 1. The molecule has 0 saturated carbocycles. The molecule has 1 aromatic heterocycles. The molecule has 6 nitrogen and oxygen atoms in total. The second-order valence-corrected chi connectivity index (χ2v) is 4.90. The first-order chi connectivity index (χ1) is 9.99. The molecule has 1 heterocycles. The summed E-state index contributed by atoms with van der Waals surface area (Å²) in [6.45, 7) is 6.25. The summed E-state index contributed by atoms with van der Waals surface area (Å²) in [6.07, 6.45) is 2.39. The quantitative estimate of drug-likeness (QED) is 0.836. The number of carbonyl (C=O) groups excluding carboxylic acids is 1. The van der Waals surface area contributed by atoms with Gasteiger partial charge in [0, 0.05) is 18.8 Å². The summed E-state index contributed by atoms with van der Waals surface area (Å²) in [5.41, 5.74) is 0.784. The molecular weight excluding hydrogens is 270 g/mol. The third-order valence-electron chi connectivity index (χ3n) is 3.41. The molecule has 2 amide bonds. The number of carboxylic acid groups (broad SMARTS) is 1. The highest BCUT2D eigenvalue weighted by molar-refractivity contribution is 5.80. The normalized spacial score (nSPS) is 11.8. The standard InChI is InChI=1S/C15H23N3O3/c1-4-12(3)18(11-14(19)20)15(21)17(5-2)10-13-8-6-7-9-16-13/h6-9,12H,4-5,10-11H2,1-3H3,(H,19,20). The van der Waals surface area contributed by atoms with Gasteiger partial charge in [-0.2, -0.15) is 0 Å². The number of amides is 2. The van der Waals surface area contributed by atoms with Gasteiger partial charge in [-0.3, -0.25) is 9.78 Å². The van der Waals surface area contributed by atoms with Gasteiger partial charge in [-0.15, -0.1) is 0 Å². The minimum atomic E-state index is -1.00. The lowest BCUT2D eigenvalue weighted by Gasteiger charge is -2.32. The van der Waals surface area contributed by atoms with E-state index >= 15 is 0 Å². The summed E-state index contributed by atoms with van der Waals surface area (Å²) in [4.78, 5) is 30.8. The van der Waals surface area contributed by atoms with Crippen LogP contribution in [0.4, 0.5) is 4.79 Å². The highest BCUT2D eigenvalue weighted by Crippen LogP contribution is 2.10. The Balaban J connectivity index is 2.85. The molecule has 0 saturated heterocycles. The molecule has 0 aliphatic heterocycles. The predicted octanol–water partition coefficient (Wildman–Crippen LogP) is 2.21. The average molecular weight is 293 g/mol. The summed E-state index contributed by atoms with van der Waals surface area (Å²) in [5.74, 6) is -1.00. The van der Waals surface area contributed by atoms with E-state index in [4.69, 9.17) is 5.11 Å². The van der Waals surface area contributed by atoms with Gasteiger partial charge in [0.25, 0.3) is 0 Å². The van der Waals surface area contributed by atoms with E-state index < -0.39 is 5.97 Å². The van der Waals surface area contributed by atoms with Gasteiger partial charge in [0.15, 0.2) is 0 Å². The Kier molecular flexibility index (Phi) is 6.65. The zero-order valence-corrected chi connectivity index (χ0v) is 12.8. The van der Waals surface area contributed by atoms with Crippen LogP contribution in [0.5, 0.6) is 0 Å². The van der Waals surface area contributed by atoms with Crippen LogP contribution in [-0.4, -0.2) is 51.0 Å². The van der Waals surface area contributed by atoms with Crippen molar-refractivity contribution in [2.24, 2.45) is 0 Å². The van der Waals surface area contributed by atoms with Gasteiger partial charge in [0.2, 0.25) is 0 Å². The number of urea groups is 1. The number of carbonyl (C=O) groups is 2. The molecule has 1 aromatic rings. The first kappa shape index (κ1) is 16.9. The van der Waals surface area contributed by atoms with Crippen LogP contribution in [0.1, 0.15) is 32.9 Å². The number of rotatable bonds is 7. The van der Waals surface area contributed by atoms with Gasteiger partial charge in [-0.05, 0) is 32.4 Å². The molecule has 1 N–H and O–H groups in total. The van der Waals surface area contributed by atoms with E-state index in [-0.39, 0.29) is 18.6 Å². The lowest BCUT2D eigenvalue weighted by Crippen LogP contribution is -2.49. The minimum absolute atomic E-state index is 0.119. The summed E-state index contributed by atoms with van der Waals surface area (Å²) >= 11 is 0. The van der Waals surface area contributed by atoms with Gasteiger partial charge in [0.1, 0.15) is 6.54 Å². The molecule has 1 atom stereocenters. The number of hydrogen-bond acceptors (Lipinski definition) is 3. The van der Waals surface area contributed by atoms with Gasteiger partial charge < -0.3 is 14.9 Å². The van der Waals surface area contributed by atoms with E-state index in [1.165, 1.54) is 4.90 Å². The summed E-state index contributed by atoms with van der Waals surface area (Å²) in [5, 5.41) is 9.00. The fourth-order valence-corrected chi connectivity index (χ4v) is 1.96. The molecule has 0 aliphatic carbocycles. The third kappa shape index (κ3) is 5.06. The van der Waals surface area contributed by atoms with Crippen molar-refractivity contribution < 1.29 is 14.7 Å². The predicted molar refractivity (Wildman–Crippen MR) is 79.8 cm³/mol. The molecule has 0 fully saturated rings. The van der Waals surface area contributed by atoms with Gasteiger partial charge in [-0.25, -0.2) is 4.79 Å². The highest BCUT2D eigenvalue weighted by atomic mass is 16.4. The van der Waals surface area contributed by atoms with Gasteiger partial charge in [-0.1, -0.05) is 13.0 Å². The maximum atomic E-state index is 12.6. The molecule has 0 aliphatic rings. The van der Waals surface area contributed by atoms with Crippen molar-refractivity contribution in [3.8, 4) is 0 Å². The Morgan fingerprint density at radius 1 is 1.33 bits per heavy atom. The van der Waals surface area contributed by atoms with E-state index in [9.17, 15) is 9.59 Å². The lowest BCUT2D eigenvalue weighted by atomic mass is 10.2. The van der Waals surface area contributed by atoms with Gasteiger partial charge in [0.05, 0.1) is 12.2 Å². The van der Waals surface area contributed by atoms with Crippen molar-refractivity contribution in [2.75, 3.05) is 13.1 Å². The molecule has 116 valence electrons. The second-order valence-electron chi connectivity index (χ2n) is 4.90. The zero-order chi connectivity index (χ0) is 15.8. The van der Waals surface area contributed by atoms with E-state index in [1.807, 2.05) is 39.0 Å². The molecule has 0 aromatic carbocycles. The lowest BCUT2D eigenvalue weighted by molar-refractivity contribution is -0.138. The van der Waals surface area contributed by atoms with Crippen molar-refractivity contribution in [2.45, 2.75) is 39.8 Å². The van der Waals surface area contributed by atoms with Crippen molar-refractivity contribution in [1.82, 2.24) is 14.8 Å². The largest absolute Gasteiger partial charge is 0.480 e. The van der Waals surface area contributed by atoms with E-state index in [0.717, 1.165) is 5.69 Å². The van der Waals surface area contributed by atoms with Crippen molar-refractivity contribution >= 4 is 12.0 Å². The Bertz CT molecular complexity index is 464.